The van der Waals surface area contributed by atoms with E-state index < -0.39 is 5.91 Å². The summed E-state index contributed by atoms with van der Waals surface area (Å²) in [6, 6.07) is 12.4. The van der Waals surface area contributed by atoms with Gasteiger partial charge in [-0.15, -0.1) is 0 Å². The van der Waals surface area contributed by atoms with E-state index in [4.69, 9.17) is 5.73 Å². The van der Waals surface area contributed by atoms with Gasteiger partial charge in [0.15, 0.2) is 0 Å². The van der Waals surface area contributed by atoms with Crippen LogP contribution in [0.15, 0.2) is 42.5 Å². The molecule has 2 rings (SSSR count). The van der Waals surface area contributed by atoms with Crippen LogP contribution in [0.3, 0.4) is 0 Å². The number of para-hydroxylation sites is 1. The van der Waals surface area contributed by atoms with Crippen LogP contribution < -0.4 is 11.1 Å². The second-order valence-electron chi connectivity index (χ2n) is 4.63. The van der Waals surface area contributed by atoms with E-state index in [1.807, 2.05) is 30.3 Å². The highest BCUT2D eigenvalue weighted by atomic mass is 16.2. The number of anilines is 1. The number of aryl methyl sites for hydroxylation is 2. The van der Waals surface area contributed by atoms with E-state index in [1.54, 1.807) is 26.0 Å². The summed E-state index contributed by atoms with van der Waals surface area (Å²) in [6.45, 7) is 3.48. The molecule has 0 spiro atoms. The average Bonchev–Trinajstić information content (AvgIpc) is 2.41. The van der Waals surface area contributed by atoms with E-state index in [1.165, 1.54) is 0 Å². The third kappa shape index (κ3) is 2.85. The number of benzene rings is 2. The first kappa shape index (κ1) is 13.8. The third-order valence-electron chi connectivity index (χ3n) is 3.09. The average molecular weight is 267 g/mol. The maximum Gasteiger partial charge on any atom is 0.269 e. The highest BCUT2D eigenvalue weighted by Gasteiger charge is 2.14. The maximum absolute atomic E-state index is 12.2. The Morgan fingerprint density at radius 1 is 0.950 bits per heavy atom. The van der Waals surface area contributed by atoms with Gasteiger partial charge in [0.1, 0.15) is 0 Å². The number of carbonyl (C=O) groups excluding carboxylic acids is 2. The maximum atomic E-state index is 12.2. The van der Waals surface area contributed by atoms with E-state index in [0.717, 1.165) is 5.69 Å². The summed E-state index contributed by atoms with van der Waals surface area (Å²) in [5.74, 6) is -0.957. The first-order valence-corrected chi connectivity index (χ1v) is 6.22. The van der Waals surface area contributed by atoms with Gasteiger partial charge in [0.05, 0.1) is 0 Å². The van der Waals surface area contributed by atoms with Crippen LogP contribution in [-0.4, -0.2) is 11.8 Å². The van der Waals surface area contributed by atoms with E-state index in [2.05, 4.69) is 5.32 Å². The van der Waals surface area contributed by atoms with Gasteiger partial charge in [-0.2, -0.15) is 0 Å². The van der Waals surface area contributed by atoms with Crippen molar-refractivity contribution in [2.45, 2.75) is 13.8 Å². The molecule has 2 aromatic rings. The zero-order chi connectivity index (χ0) is 14.7. The lowest BCUT2D eigenvalue weighted by molar-refractivity contribution is 0.0987. The molecule has 0 aromatic heterocycles. The summed E-state index contributed by atoms with van der Waals surface area (Å²) >= 11 is 0. The smallest absolute Gasteiger partial charge is 0.269 e. The van der Waals surface area contributed by atoms with Crippen LogP contribution in [0.1, 0.15) is 31.8 Å². The summed E-state index contributed by atoms with van der Waals surface area (Å²) in [6.07, 6.45) is 0. The summed E-state index contributed by atoms with van der Waals surface area (Å²) in [7, 11) is 0. The predicted molar refractivity (Wildman–Crippen MR) is 77.7 cm³/mol. The Kier molecular flexibility index (Phi) is 3.84. The van der Waals surface area contributed by atoms with Crippen molar-refractivity contribution in [3.63, 3.8) is 0 Å². The Hall–Kier alpha value is -2.62. The molecule has 4 nitrogen and oxygen atoms in total. The first-order valence-electron chi connectivity index (χ1n) is 6.22. The SMILES string of the molecule is Cc1cc(C(=O)Nc2ccccc2)c(C)cc1C([NH])=O. The van der Waals surface area contributed by atoms with Crippen LogP contribution in [0, 0.1) is 13.8 Å². The molecule has 0 aliphatic rings. The number of nitrogens with one attached hydrogen (secondary N) is 2. The molecular formula is C16H15N2O2. The fourth-order valence-electron chi connectivity index (χ4n) is 2.03. The summed E-state index contributed by atoms with van der Waals surface area (Å²) in [5, 5.41) is 2.80. The highest BCUT2D eigenvalue weighted by molar-refractivity contribution is 6.06. The monoisotopic (exact) mass is 267 g/mol. The largest absolute Gasteiger partial charge is 0.322 e. The van der Waals surface area contributed by atoms with E-state index in [0.29, 0.717) is 22.3 Å². The molecule has 0 saturated carbocycles. The standard InChI is InChI=1S/C16H15N2O2/c1-10-9-14(11(2)8-13(10)15(17)19)16(20)18-12-6-4-3-5-7-12/h3-9,17H,1-2H3,(H,18,20). The third-order valence-corrected chi connectivity index (χ3v) is 3.09. The second kappa shape index (κ2) is 5.57. The zero-order valence-corrected chi connectivity index (χ0v) is 11.4. The summed E-state index contributed by atoms with van der Waals surface area (Å²) in [5.41, 5.74) is 10.0. The van der Waals surface area contributed by atoms with Crippen molar-refractivity contribution >= 4 is 17.5 Å². The van der Waals surface area contributed by atoms with Crippen molar-refractivity contribution in [3.8, 4) is 0 Å². The van der Waals surface area contributed by atoms with Gasteiger partial charge < -0.3 is 5.32 Å². The van der Waals surface area contributed by atoms with Gasteiger partial charge in [0.25, 0.3) is 11.8 Å². The van der Waals surface area contributed by atoms with Crippen molar-refractivity contribution in [2.24, 2.45) is 0 Å². The number of hydrogen-bond donors (Lipinski definition) is 1. The normalized spacial score (nSPS) is 10.1. The second-order valence-corrected chi connectivity index (χ2v) is 4.63. The molecule has 0 saturated heterocycles. The van der Waals surface area contributed by atoms with Crippen molar-refractivity contribution in [1.82, 2.24) is 5.73 Å². The molecule has 101 valence electrons. The van der Waals surface area contributed by atoms with Crippen LogP contribution in [-0.2, 0) is 0 Å². The Morgan fingerprint density at radius 3 is 2.10 bits per heavy atom. The van der Waals surface area contributed by atoms with Gasteiger partial charge in [0.2, 0.25) is 0 Å². The zero-order valence-electron chi connectivity index (χ0n) is 11.4. The van der Waals surface area contributed by atoms with Crippen LogP contribution in [0.2, 0.25) is 0 Å². The molecule has 0 bridgehead atoms. The van der Waals surface area contributed by atoms with Gasteiger partial charge in [-0.1, -0.05) is 18.2 Å². The minimum Gasteiger partial charge on any atom is -0.322 e. The quantitative estimate of drug-likeness (QED) is 0.928. The molecule has 0 atom stereocenters. The van der Waals surface area contributed by atoms with Crippen molar-refractivity contribution in [3.05, 3.63) is 64.7 Å². The van der Waals surface area contributed by atoms with E-state index in [-0.39, 0.29) is 5.91 Å². The van der Waals surface area contributed by atoms with E-state index in [9.17, 15) is 9.59 Å². The molecule has 2 aromatic carbocycles. The Morgan fingerprint density at radius 2 is 1.50 bits per heavy atom. The molecule has 2 N–H and O–H groups in total. The number of amides is 2. The number of rotatable bonds is 3. The van der Waals surface area contributed by atoms with Crippen LogP contribution in [0.4, 0.5) is 5.69 Å². The van der Waals surface area contributed by atoms with Crippen molar-refractivity contribution in [2.75, 3.05) is 5.32 Å². The van der Waals surface area contributed by atoms with Gasteiger partial charge in [-0.05, 0) is 49.2 Å². The molecule has 1 radical (unpaired) electrons. The minimum atomic E-state index is -0.736. The van der Waals surface area contributed by atoms with Gasteiger partial charge in [-0.25, -0.2) is 0 Å². The number of carbonyl (C=O) groups is 2. The summed E-state index contributed by atoms with van der Waals surface area (Å²) < 4.78 is 0. The Bertz CT molecular complexity index is 664. The van der Waals surface area contributed by atoms with Crippen LogP contribution in [0.25, 0.3) is 0 Å². The Labute approximate surface area is 117 Å². The first-order chi connectivity index (χ1) is 9.49. The van der Waals surface area contributed by atoms with Gasteiger partial charge in [0, 0.05) is 16.8 Å². The molecule has 4 heteroatoms. The Balaban J connectivity index is 2.31. The molecule has 20 heavy (non-hydrogen) atoms. The molecule has 0 unspecified atom stereocenters. The predicted octanol–water partition coefficient (Wildman–Crippen LogP) is 2.98. The molecule has 2 amide bonds. The van der Waals surface area contributed by atoms with Crippen LogP contribution >= 0.6 is 0 Å². The topological polar surface area (TPSA) is 70.0 Å². The van der Waals surface area contributed by atoms with Gasteiger partial charge >= 0.3 is 0 Å². The van der Waals surface area contributed by atoms with Crippen molar-refractivity contribution < 1.29 is 9.59 Å². The molecule has 0 fully saturated rings. The minimum absolute atomic E-state index is 0.222. The molecule has 0 aliphatic carbocycles. The fraction of sp³-hybridized carbons (Fsp3) is 0.125. The lowest BCUT2D eigenvalue weighted by Crippen LogP contribution is -2.15. The van der Waals surface area contributed by atoms with Crippen LogP contribution in [0.5, 0.6) is 0 Å². The summed E-state index contributed by atoms with van der Waals surface area (Å²) in [4.78, 5) is 23.4. The molecule has 0 aliphatic heterocycles. The lowest BCUT2D eigenvalue weighted by Gasteiger charge is -2.10. The number of hydrogen-bond acceptors (Lipinski definition) is 2. The van der Waals surface area contributed by atoms with E-state index >= 15 is 0 Å². The fourth-order valence-corrected chi connectivity index (χ4v) is 2.03. The lowest BCUT2D eigenvalue weighted by atomic mass is 9.99. The molecule has 0 heterocycles. The van der Waals surface area contributed by atoms with Crippen molar-refractivity contribution in [1.29, 1.82) is 0 Å². The van der Waals surface area contributed by atoms with Gasteiger partial charge in [-0.3, -0.25) is 15.3 Å². The highest BCUT2D eigenvalue weighted by Crippen LogP contribution is 2.18. The molecular weight excluding hydrogens is 252 g/mol.